The van der Waals surface area contributed by atoms with Crippen molar-refractivity contribution in [1.82, 2.24) is 5.32 Å². The second-order valence-electron chi connectivity index (χ2n) is 3.45. The van der Waals surface area contributed by atoms with E-state index in [1.807, 2.05) is 6.92 Å². The Labute approximate surface area is 106 Å². The van der Waals surface area contributed by atoms with Crippen LogP contribution >= 0.6 is 11.6 Å². The van der Waals surface area contributed by atoms with Gasteiger partial charge in [-0.05, 0) is 31.2 Å². The van der Waals surface area contributed by atoms with Gasteiger partial charge in [-0.25, -0.2) is 4.79 Å². The molecule has 0 amide bonds. The third kappa shape index (κ3) is 3.61. The lowest BCUT2D eigenvalue weighted by molar-refractivity contribution is -0.145. The molecule has 5 heteroatoms. The summed E-state index contributed by atoms with van der Waals surface area (Å²) in [5.41, 5.74) is 0.674. The number of nitrogens with one attached hydrogen (secondary N) is 1. The average molecular weight is 258 g/mol. The molecule has 0 aliphatic rings. The number of hydrogen-bond acceptors (Lipinski definition) is 4. The number of hydrogen-bond donors (Lipinski definition) is 2. The van der Waals surface area contributed by atoms with Crippen molar-refractivity contribution >= 4 is 17.6 Å². The van der Waals surface area contributed by atoms with Gasteiger partial charge >= 0.3 is 5.97 Å². The summed E-state index contributed by atoms with van der Waals surface area (Å²) in [5.74, 6) is -0.356. The van der Waals surface area contributed by atoms with Gasteiger partial charge in [-0.15, -0.1) is 0 Å². The maximum absolute atomic E-state index is 11.7. The highest BCUT2D eigenvalue weighted by molar-refractivity contribution is 6.32. The summed E-state index contributed by atoms with van der Waals surface area (Å²) in [7, 11) is 0. The van der Waals surface area contributed by atoms with E-state index in [1.165, 1.54) is 6.07 Å². The molecule has 0 saturated carbocycles. The van der Waals surface area contributed by atoms with Crippen molar-refractivity contribution in [1.29, 1.82) is 0 Å². The van der Waals surface area contributed by atoms with Gasteiger partial charge < -0.3 is 15.2 Å². The van der Waals surface area contributed by atoms with E-state index < -0.39 is 6.04 Å². The fourth-order valence-electron chi connectivity index (χ4n) is 1.47. The summed E-state index contributed by atoms with van der Waals surface area (Å²) in [5, 5.41) is 12.6. The van der Waals surface area contributed by atoms with Crippen molar-refractivity contribution in [2.45, 2.75) is 19.9 Å². The molecule has 0 radical (unpaired) electrons. The van der Waals surface area contributed by atoms with Crippen molar-refractivity contribution in [2.75, 3.05) is 13.2 Å². The number of likely N-dealkylation sites (N-methyl/N-ethyl adjacent to an activating group) is 1. The van der Waals surface area contributed by atoms with Crippen LogP contribution < -0.4 is 5.32 Å². The average Bonchev–Trinajstić information content (AvgIpc) is 2.30. The van der Waals surface area contributed by atoms with Crippen LogP contribution in [0, 0.1) is 0 Å². The monoisotopic (exact) mass is 257 g/mol. The molecule has 0 aliphatic heterocycles. The molecule has 0 aliphatic carbocycles. The van der Waals surface area contributed by atoms with E-state index in [0.29, 0.717) is 18.7 Å². The first-order valence-electron chi connectivity index (χ1n) is 5.48. The Morgan fingerprint density at radius 1 is 1.53 bits per heavy atom. The van der Waals surface area contributed by atoms with Crippen LogP contribution in [0.3, 0.4) is 0 Å². The lowest BCUT2D eigenvalue weighted by atomic mass is 10.1. The van der Waals surface area contributed by atoms with Gasteiger partial charge in [0.1, 0.15) is 11.8 Å². The molecule has 1 aromatic rings. The normalized spacial score (nSPS) is 12.2. The van der Waals surface area contributed by atoms with Crippen LogP contribution in [0.4, 0.5) is 0 Å². The Bertz CT molecular complexity index is 395. The third-order valence-corrected chi connectivity index (χ3v) is 2.54. The SMILES string of the molecule is CCNC(C(=O)OCC)c1ccc(O)c(Cl)c1. The van der Waals surface area contributed by atoms with E-state index in [0.717, 1.165) is 0 Å². The second kappa shape index (κ2) is 6.47. The maximum Gasteiger partial charge on any atom is 0.327 e. The van der Waals surface area contributed by atoms with Gasteiger partial charge in [0.15, 0.2) is 0 Å². The van der Waals surface area contributed by atoms with Crippen LogP contribution in [-0.2, 0) is 9.53 Å². The number of halogens is 1. The Balaban J connectivity index is 2.96. The minimum atomic E-state index is -0.557. The third-order valence-electron chi connectivity index (χ3n) is 2.24. The largest absolute Gasteiger partial charge is 0.506 e. The van der Waals surface area contributed by atoms with Gasteiger partial charge in [0.05, 0.1) is 11.6 Å². The highest BCUT2D eigenvalue weighted by Crippen LogP contribution is 2.27. The van der Waals surface area contributed by atoms with Crippen molar-refractivity contribution in [2.24, 2.45) is 0 Å². The zero-order valence-corrected chi connectivity index (χ0v) is 10.6. The zero-order chi connectivity index (χ0) is 12.8. The number of esters is 1. The Kier molecular flexibility index (Phi) is 5.25. The predicted octanol–water partition coefficient (Wildman–Crippen LogP) is 2.26. The summed E-state index contributed by atoms with van der Waals surface area (Å²) in [6, 6.07) is 4.10. The molecule has 0 spiro atoms. The van der Waals surface area contributed by atoms with Gasteiger partial charge in [0.25, 0.3) is 0 Å². The molecule has 1 aromatic carbocycles. The summed E-state index contributed by atoms with van der Waals surface area (Å²) >= 11 is 5.81. The molecular formula is C12H16ClNO3. The predicted molar refractivity (Wildman–Crippen MR) is 66.2 cm³/mol. The Morgan fingerprint density at radius 3 is 2.76 bits per heavy atom. The maximum atomic E-state index is 11.7. The van der Waals surface area contributed by atoms with E-state index in [9.17, 15) is 9.90 Å². The Hall–Kier alpha value is -1.26. The first-order chi connectivity index (χ1) is 8.10. The zero-order valence-electron chi connectivity index (χ0n) is 9.87. The summed E-state index contributed by atoms with van der Waals surface area (Å²) in [4.78, 5) is 11.7. The molecule has 4 nitrogen and oxygen atoms in total. The molecule has 0 bridgehead atoms. The van der Waals surface area contributed by atoms with Crippen molar-refractivity contribution in [3.05, 3.63) is 28.8 Å². The van der Waals surface area contributed by atoms with Crippen LogP contribution in [0.5, 0.6) is 5.75 Å². The highest BCUT2D eigenvalue weighted by atomic mass is 35.5. The first kappa shape index (κ1) is 13.8. The van der Waals surface area contributed by atoms with Gasteiger partial charge in [-0.1, -0.05) is 24.6 Å². The van der Waals surface area contributed by atoms with E-state index in [2.05, 4.69) is 5.32 Å². The van der Waals surface area contributed by atoms with Crippen LogP contribution in [-0.4, -0.2) is 24.2 Å². The minimum Gasteiger partial charge on any atom is -0.506 e. The number of rotatable bonds is 5. The molecule has 2 N–H and O–H groups in total. The number of carbonyl (C=O) groups excluding carboxylic acids is 1. The number of carbonyl (C=O) groups is 1. The lowest BCUT2D eigenvalue weighted by Gasteiger charge is -2.17. The van der Waals surface area contributed by atoms with Gasteiger partial charge in [-0.3, -0.25) is 0 Å². The second-order valence-corrected chi connectivity index (χ2v) is 3.86. The number of phenolic OH excluding ortho intramolecular Hbond substituents is 1. The topological polar surface area (TPSA) is 58.6 Å². The molecule has 17 heavy (non-hydrogen) atoms. The van der Waals surface area contributed by atoms with Gasteiger partial charge in [0, 0.05) is 0 Å². The van der Waals surface area contributed by atoms with E-state index in [4.69, 9.17) is 16.3 Å². The quantitative estimate of drug-likeness (QED) is 0.795. The van der Waals surface area contributed by atoms with Gasteiger partial charge in [0.2, 0.25) is 0 Å². The minimum absolute atomic E-state index is 0.00507. The molecule has 94 valence electrons. The smallest absolute Gasteiger partial charge is 0.327 e. The van der Waals surface area contributed by atoms with Crippen molar-refractivity contribution in [3.63, 3.8) is 0 Å². The van der Waals surface area contributed by atoms with Crippen LogP contribution in [0.15, 0.2) is 18.2 Å². The highest BCUT2D eigenvalue weighted by Gasteiger charge is 2.21. The fourth-order valence-corrected chi connectivity index (χ4v) is 1.66. The molecule has 1 atom stereocenters. The van der Waals surface area contributed by atoms with Crippen molar-refractivity contribution < 1.29 is 14.6 Å². The lowest BCUT2D eigenvalue weighted by Crippen LogP contribution is -2.30. The molecular weight excluding hydrogens is 242 g/mol. The van der Waals surface area contributed by atoms with E-state index >= 15 is 0 Å². The molecule has 0 heterocycles. The summed E-state index contributed by atoms with van der Waals surface area (Å²) in [6.07, 6.45) is 0. The van der Waals surface area contributed by atoms with Crippen LogP contribution in [0.1, 0.15) is 25.5 Å². The number of ether oxygens (including phenoxy) is 1. The van der Waals surface area contributed by atoms with Crippen LogP contribution in [0.2, 0.25) is 5.02 Å². The standard InChI is InChI=1S/C12H16ClNO3/c1-3-14-11(12(16)17-4-2)8-5-6-10(15)9(13)7-8/h5-7,11,14-15H,3-4H2,1-2H3. The first-order valence-corrected chi connectivity index (χ1v) is 5.86. The van der Waals surface area contributed by atoms with Crippen molar-refractivity contribution in [3.8, 4) is 5.75 Å². The number of phenols is 1. The molecule has 0 fully saturated rings. The van der Waals surface area contributed by atoms with Gasteiger partial charge in [-0.2, -0.15) is 0 Å². The van der Waals surface area contributed by atoms with Crippen LogP contribution in [0.25, 0.3) is 0 Å². The van der Waals surface area contributed by atoms with E-state index in [-0.39, 0.29) is 16.7 Å². The summed E-state index contributed by atoms with van der Waals surface area (Å²) in [6.45, 7) is 4.60. The van der Waals surface area contributed by atoms with E-state index in [1.54, 1.807) is 19.1 Å². The summed E-state index contributed by atoms with van der Waals surface area (Å²) < 4.78 is 4.97. The fraction of sp³-hybridized carbons (Fsp3) is 0.417. The number of benzene rings is 1. The Morgan fingerprint density at radius 2 is 2.24 bits per heavy atom. The number of aromatic hydroxyl groups is 1. The molecule has 1 rings (SSSR count). The molecule has 0 saturated heterocycles. The molecule has 1 unspecified atom stereocenters. The molecule has 0 aromatic heterocycles.